The van der Waals surface area contributed by atoms with Crippen molar-refractivity contribution in [2.24, 2.45) is 0 Å². The highest BCUT2D eigenvalue weighted by Crippen LogP contribution is 2.31. The number of carbonyl (C=O) groups excluding carboxylic acids is 1. The molecule has 0 radical (unpaired) electrons. The van der Waals surface area contributed by atoms with Crippen LogP contribution in [0.25, 0.3) is 6.08 Å². The van der Waals surface area contributed by atoms with Crippen LogP contribution >= 0.6 is 0 Å². The summed E-state index contributed by atoms with van der Waals surface area (Å²) in [6.45, 7) is 0.250. The van der Waals surface area contributed by atoms with Gasteiger partial charge in [0.25, 0.3) is 0 Å². The van der Waals surface area contributed by atoms with Gasteiger partial charge in [-0.3, -0.25) is 4.79 Å². The van der Waals surface area contributed by atoms with E-state index in [1.54, 1.807) is 18.2 Å². The van der Waals surface area contributed by atoms with Gasteiger partial charge in [-0.1, -0.05) is 24.3 Å². The number of benzene rings is 2. The minimum Gasteiger partial charge on any atom is -0.496 e. The van der Waals surface area contributed by atoms with Crippen LogP contribution in [0.15, 0.2) is 59.5 Å². The quantitative estimate of drug-likeness (QED) is 0.651. The second kappa shape index (κ2) is 9.11. The smallest absolute Gasteiger partial charge is 0.416 e. The molecule has 0 N–H and O–H groups in total. The van der Waals surface area contributed by atoms with Crippen molar-refractivity contribution >= 4 is 22.0 Å². The molecule has 0 saturated carbocycles. The van der Waals surface area contributed by atoms with E-state index in [-0.39, 0.29) is 32.1 Å². The Bertz CT molecular complexity index is 1080. The molecule has 1 fully saturated rings. The second-order valence-corrected chi connectivity index (χ2v) is 8.77. The summed E-state index contributed by atoms with van der Waals surface area (Å²) in [5.74, 6) is 0.325. The standard InChI is InChI=1S/C21H21F3N2O4S/c1-30-19-8-3-2-5-16(19)9-10-20(27)25-11-13-26(14-12-25)31(28,29)18-7-4-6-17(15-18)21(22,23)24/h2-10,15H,11-14H2,1H3. The molecule has 1 saturated heterocycles. The summed E-state index contributed by atoms with van der Waals surface area (Å²) < 4.78 is 70.6. The normalized spacial score (nSPS) is 15.9. The molecule has 0 bridgehead atoms. The van der Waals surface area contributed by atoms with Crippen molar-refractivity contribution in [2.75, 3.05) is 33.3 Å². The van der Waals surface area contributed by atoms with E-state index in [1.807, 2.05) is 12.1 Å². The summed E-state index contributed by atoms with van der Waals surface area (Å²) in [5.41, 5.74) is -0.298. The van der Waals surface area contributed by atoms with E-state index in [9.17, 15) is 26.4 Å². The third-order valence-electron chi connectivity index (χ3n) is 4.89. The lowest BCUT2D eigenvalue weighted by atomic mass is 10.2. The van der Waals surface area contributed by atoms with Gasteiger partial charge in [-0.2, -0.15) is 17.5 Å². The molecule has 1 heterocycles. The van der Waals surface area contributed by atoms with Crippen LogP contribution in [0.3, 0.4) is 0 Å². The molecule has 2 aromatic rings. The van der Waals surface area contributed by atoms with Gasteiger partial charge in [-0.15, -0.1) is 0 Å². The molecule has 2 aromatic carbocycles. The lowest BCUT2D eigenvalue weighted by Crippen LogP contribution is -2.50. The third kappa shape index (κ3) is 5.26. The Kier molecular flexibility index (Phi) is 6.71. The summed E-state index contributed by atoms with van der Waals surface area (Å²) in [5, 5.41) is 0. The molecule has 0 atom stereocenters. The number of carbonyl (C=O) groups is 1. The molecule has 10 heteroatoms. The molecule has 1 amide bonds. The topological polar surface area (TPSA) is 66.9 Å². The summed E-state index contributed by atoms with van der Waals surface area (Å²) in [4.78, 5) is 13.5. The lowest BCUT2D eigenvalue weighted by Gasteiger charge is -2.33. The van der Waals surface area contributed by atoms with Crippen LogP contribution in [0.4, 0.5) is 13.2 Å². The first-order valence-electron chi connectivity index (χ1n) is 9.40. The zero-order valence-electron chi connectivity index (χ0n) is 16.7. The van der Waals surface area contributed by atoms with Gasteiger partial charge in [-0.25, -0.2) is 8.42 Å². The largest absolute Gasteiger partial charge is 0.496 e. The van der Waals surface area contributed by atoms with Crippen molar-refractivity contribution in [2.45, 2.75) is 11.1 Å². The SMILES string of the molecule is COc1ccccc1C=CC(=O)N1CCN(S(=O)(=O)c2cccc(C(F)(F)F)c2)CC1. The number of hydrogen-bond acceptors (Lipinski definition) is 4. The number of sulfonamides is 1. The van der Waals surface area contributed by atoms with E-state index >= 15 is 0 Å². The first-order valence-corrected chi connectivity index (χ1v) is 10.8. The van der Waals surface area contributed by atoms with Gasteiger partial charge < -0.3 is 9.64 Å². The Morgan fingerprint density at radius 1 is 1.03 bits per heavy atom. The van der Waals surface area contributed by atoms with Gasteiger partial charge in [-0.05, 0) is 30.3 Å². The summed E-state index contributed by atoms with van der Waals surface area (Å²) in [7, 11) is -2.57. The van der Waals surface area contributed by atoms with Crippen LogP contribution in [0.1, 0.15) is 11.1 Å². The molecule has 0 spiro atoms. The maximum Gasteiger partial charge on any atom is 0.416 e. The fraction of sp³-hybridized carbons (Fsp3) is 0.286. The van der Waals surface area contributed by atoms with Gasteiger partial charge in [0.1, 0.15) is 5.75 Å². The Labute approximate surface area is 178 Å². The molecule has 6 nitrogen and oxygen atoms in total. The zero-order chi connectivity index (χ0) is 22.6. The second-order valence-electron chi connectivity index (χ2n) is 6.83. The van der Waals surface area contributed by atoms with Crippen molar-refractivity contribution in [3.05, 3.63) is 65.7 Å². The number of para-hydroxylation sites is 1. The van der Waals surface area contributed by atoms with Gasteiger partial charge in [0.05, 0.1) is 17.6 Å². The number of ether oxygens (including phenoxy) is 1. The van der Waals surface area contributed by atoms with Gasteiger partial charge in [0, 0.05) is 37.8 Å². The third-order valence-corrected chi connectivity index (χ3v) is 6.79. The summed E-state index contributed by atoms with van der Waals surface area (Å²) >= 11 is 0. The van der Waals surface area contributed by atoms with E-state index in [1.165, 1.54) is 18.1 Å². The average molecular weight is 454 g/mol. The highest BCUT2D eigenvalue weighted by Gasteiger charge is 2.34. The molecular weight excluding hydrogens is 433 g/mol. The van der Waals surface area contributed by atoms with Crippen LogP contribution in [-0.4, -0.2) is 56.8 Å². The van der Waals surface area contributed by atoms with Gasteiger partial charge in [0.15, 0.2) is 0 Å². The van der Waals surface area contributed by atoms with E-state index < -0.39 is 26.7 Å². The Morgan fingerprint density at radius 2 is 1.71 bits per heavy atom. The monoisotopic (exact) mass is 454 g/mol. The Hall–Kier alpha value is -2.85. The molecular formula is C21H21F3N2O4S. The van der Waals surface area contributed by atoms with Gasteiger partial charge in [0.2, 0.25) is 15.9 Å². The van der Waals surface area contributed by atoms with Gasteiger partial charge >= 0.3 is 6.18 Å². The van der Waals surface area contributed by atoms with Crippen LogP contribution < -0.4 is 4.74 Å². The van der Waals surface area contributed by atoms with Crippen LogP contribution in [0, 0.1) is 0 Å². The predicted octanol–water partition coefficient (Wildman–Crippen LogP) is 3.26. The number of alkyl halides is 3. The van der Waals surface area contributed by atoms with Crippen LogP contribution in [0.2, 0.25) is 0 Å². The molecule has 1 aliphatic rings. The average Bonchev–Trinajstić information content (AvgIpc) is 2.77. The van der Waals surface area contributed by atoms with E-state index in [0.717, 1.165) is 28.1 Å². The molecule has 0 unspecified atom stereocenters. The number of hydrogen-bond donors (Lipinski definition) is 0. The highest BCUT2D eigenvalue weighted by molar-refractivity contribution is 7.89. The van der Waals surface area contributed by atoms with Crippen LogP contribution in [-0.2, 0) is 21.0 Å². The number of amides is 1. The Morgan fingerprint density at radius 3 is 2.35 bits per heavy atom. The number of piperazine rings is 1. The maximum absolute atomic E-state index is 12.9. The lowest BCUT2D eigenvalue weighted by molar-refractivity contribution is -0.137. The molecule has 1 aliphatic heterocycles. The summed E-state index contributed by atoms with van der Waals surface area (Å²) in [6, 6.07) is 10.8. The minimum absolute atomic E-state index is 0.00713. The fourth-order valence-corrected chi connectivity index (χ4v) is 4.67. The van der Waals surface area contributed by atoms with E-state index in [4.69, 9.17) is 4.74 Å². The number of methoxy groups -OCH3 is 1. The first kappa shape index (κ1) is 22.8. The van der Waals surface area contributed by atoms with Crippen molar-refractivity contribution in [3.8, 4) is 5.75 Å². The molecule has 0 aliphatic carbocycles. The minimum atomic E-state index is -4.63. The fourth-order valence-electron chi connectivity index (χ4n) is 3.20. The van der Waals surface area contributed by atoms with Crippen molar-refractivity contribution in [1.29, 1.82) is 0 Å². The first-order chi connectivity index (χ1) is 14.6. The van der Waals surface area contributed by atoms with E-state index in [0.29, 0.717) is 11.8 Å². The summed E-state index contributed by atoms with van der Waals surface area (Å²) in [6.07, 6.45) is -1.63. The number of nitrogens with zero attached hydrogens (tertiary/aromatic N) is 2. The Balaban J connectivity index is 1.66. The molecule has 3 rings (SSSR count). The highest BCUT2D eigenvalue weighted by atomic mass is 32.2. The van der Waals surface area contributed by atoms with Crippen molar-refractivity contribution in [3.63, 3.8) is 0 Å². The van der Waals surface area contributed by atoms with Crippen molar-refractivity contribution in [1.82, 2.24) is 9.21 Å². The maximum atomic E-state index is 12.9. The predicted molar refractivity (Wildman–Crippen MR) is 109 cm³/mol. The van der Waals surface area contributed by atoms with E-state index in [2.05, 4.69) is 0 Å². The molecule has 31 heavy (non-hydrogen) atoms. The number of halogens is 3. The molecule has 166 valence electrons. The molecule has 0 aromatic heterocycles. The number of rotatable bonds is 5. The van der Waals surface area contributed by atoms with Crippen LogP contribution in [0.5, 0.6) is 5.75 Å². The zero-order valence-corrected chi connectivity index (χ0v) is 17.5. The van der Waals surface area contributed by atoms with Crippen molar-refractivity contribution < 1.29 is 31.1 Å².